The lowest BCUT2D eigenvalue weighted by atomic mass is 10.2. The Bertz CT molecular complexity index is 1200. The van der Waals surface area contributed by atoms with E-state index in [0.717, 1.165) is 29.8 Å². The van der Waals surface area contributed by atoms with E-state index >= 15 is 0 Å². The molecule has 9 heteroatoms. The number of hydrogen-bond acceptors (Lipinski definition) is 6. The highest BCUT2D eigenvalue weighted by molar-refractivity contribution is 6.30. The van der Waals surface area contributed by atoms with Gasteiger partial charge in [-0.15, -0.1) is 0 Å². The van der Waals surface area contributed by atoms with Gasteiger partial charge in [0, 0.05) is 35.4 Å². The number of benzene rings is 1. The van der Waals surface area contributed by atoms with E-state index in [0.29, 0.717) is 34.9 Å². The Kier molecular flexibility index (Phi) is 4.76. The minimum atomic E-state index is -0.272. The van der Waals surface area contributed by atoms with Gasteiger partial charge in [0.1, 0.15) is 17.8 Å². The number of nitrogens with zero attached hydrogens (tertiary/aromatic N) is 5. The first-order valence-corrected chi connectivity index (χ1v) is 9.90. The Balaban J connectivity index is 1.29. The average Bonchev–Trinajstić information content (AvgIpc) is 3.29. The molecule has 30 heavy (non-hydrogen) atoms. The molecule has 150 valence electrons. The minimum absolute atomic E-state index is 0.272. The lowest BCUT2D eigenvalue weighted by Crippen LogP contribution is -2.23. The number of halogens is 1. The molecular weight excluding hydrogens is 404 g/mol. The van der Waals surface area contributed by atoms with E-state index < -0.39 is 0 Å². The van der Waals surface area contributed by atoms with Gasteiger partial charge in [0.15, 0.2) is 5.82 Å². The second kappa shape index (κ2) is 7.72. The Morgan fingerprint density at radius 2 is 2.03 bits per heavy atom. The summed E-state index contributed by atoms with van der Waals surface area (Å²) in [5.41, 5.74) is 2.01. The van der Waals surface area contributed by atoms with E-state index in [1.807, 2.05) is 24.3 Å². The molecule has 0 aliphatic heterocycles. The molecule has 1 aliphatic carbocycles. The van der Waals surface area contributed by atoms with Gasteiger partial charge < -0.3 is 9.84 Å². The van der Waals surface area contributed by atoms with Crippen molar-refractivity contribution >= 4 is 17.5 Å². The quantitative estimate of drug-likeness (QED) is 0.509. The van der Waals surface area contributed by atoms with Crippen LogP contribution < -0.4 is 5.32 Å². The highest BCUT2D eigenvalue weighted by Gasteiger charge is 2.29. The minimum Gasteiger partial charge on any atom is -0.347 e. The Morgan fingerprint density at radius 3 is 2.83 bits per heavy atom. The number of imidazole rings is 1. The monoisotopic (exact) mass is 420 g/mol. The molecule has 0 spiro atoms. The molecule has 8 nitrogen and oxygen atoms in total. The zero-order valence-corrected chi connectivity index (χ0v) is 16.6. The van der Waals surface area contributed by atoms with Crippen LogP contribution in [-0.2, 0) is 6.54 Å². The van der Waals surface area contributed by atoms with Crippen molar-refractivity contribution < 1.29 is 9.32 Å². The van der Waals surface area contributed by atoms with Crippen molar-refractivity contribution in [3.63, 3.8) is 0 Å². The summed E-state index contributed by atoms with van der Waals surface area (Å²) in [5.74, 6) is 1.97. The molecule has 1 fully saturated rings. The van der Waals surface area contributed by atoms with E-state index in [1.54, 1.807) is 35.4 Å². The molecule has 0 saturated heterocycles. The predicted octanol–water partition coefficient (Wildman–Crippen LogP) is 3.78. The second-order valence-corrected chi connectivity index (χ2v) is 7.55. The summed E-state index contributed by atoms with van der Waals surface area (Å²) in [7, 11) is 0. The molecule has 0 atom stereocenters. The van der Waals surface area contributed by atoms with E-state index in [2.05, 4.69) is 25.4 Å². The normalized spacial score (nSPS) is 13.4. The number of nitrogens with one attached hydrogen (secondary N) is 1. The fraction of sp³-hybridized carbons (Fsp3) is 0.190. The molecule has 3 heterocycles. The maximum absolute atomic E-state index is 12.4. The fourth-order valence-electron chi connectivity index (χ4n) is 2.99. The van der Waals surface area contributed by atoms with Crippen LogP contribution in [0.5, 0.6) is 0 Å². The summed E-state index contributed by atoms with van der Waals surface area (Å²) in [6.45, 7) is 0.386. The van der Waals surface area contributed by atoms with Crippen LogP contribution in [0.25, 0.3) is 17.3 Å². The second-order valence-electron chi connectivity index (χ2n) is 7.11. The molecule has 5 rings (SSSR count). The summed E-state index contributed by atoms with van der Waals surface area (Å²) >= 11 is 5.88. The highest BCUT2D eigenvalue weighted by atomic mass is 35.5. The molecule has 0 bridgehead atoms. The number of carbonyl (C=O) groups excluding carboxylic acids is 1. The summed E-state index contributed by atoms with van der Waals surface area (Å²) < 4.78 is 7.06. The molecule has 1 amide bonds. The first kappa shape index (κ1) is 18.5. The molecular formula is C21H17ClN6O2. The molecule has 0 radical (unpaired) electrons. The SMILES string of the molecule is O=C(NCc1ccc(Cl)cc1)c1cn(-c2cc(-c3nc(C4CC4)no3)ccn2)cn1. The number of hydrogen-bond donors (Lipinski definition) is 1. The molecule has 1 saturated carbocycles. The van der Waals surface area contributed by atoms with Gasteiger partial charge in [-0.2, -0.15) is 4.98 Å². The number of carbonyl (C=O) groups is 1. The van der Waals surface area contributed by atoms with E-state index in [-0.39, 0.29) is 5.91 Å². The van der Waals surface area contributed by atoms with Crippen molar-refractivity contribution in [2.75, 3.05) is 0 Å². The molecule has 3 aromatic heterocycles. The Hall–Kier alpha value is -3.52. The van der Waals surface area contributed by atoms with Crippen LogP contribution in [0.4, 0.5) is 0 Å². The number of aromatic nitrogens is 5. The third kappa shape index (κ3) is 3.95. The maximum Gasteiger partial charge on any atom is 0.271 e. The third-order valence-electron chi connectivity index (χ3n) is 4.82. The van der Waals surface area contributed by atoms with Gasteiger partial charge in [-0.25, -0.2) is 9.97 Å². The maximum atomic E-state index is 12.4. The lowest BCUT2D eigenvalue weighted by Gasteiger charge is -2.04. The Morgan fingerprint density at radius 1 is 1.20 bits per heavy atom. The van der Waals surface area contributed by atoms with Crippen LogP contribution >= 0.6 is 11.6 Å². The van der Waals surface area contributed by atoms with Crippen LogP contribution in [0.15, 0.2) is 59.6 Å². The standard InChI is InChI=1S/C21H17ClN6O2/c22-16-5-1-13(2-6-16)10-24-20(29)17-11-28(12-25-17)18-9-15(7-8-23-18)21-26-19(27-30-21)14-3-4-14/h1-2,5-9,11-12,14H,3-4,10H2,(H,24,29). The van der Waals surface area contributed by atoms with Crippen LogP contribution in [-0.4, -0.2) is 30.6 Å². The molecule has 0 unspecified atom stereocenters. The van der Waals surface area contributed by atoms with Gasteiger partial charge in [-0.1, -0.05) is 28.9 Å². The van der Waals surface area contributed by atoms with Gasteiger partial charge in [0.25, 0.3) is 11.8 Å². The molecule has 1 N–H and O–H groups in total. The van der Waals surface area contributed by atoms with E-state index in [1.165, 1.54) is 0 Å². The van der Waals surface area contributed by atoms with E-state index in [4.69, 9.17) is 16.1 Å². The predicted molar refractivity (Wildman–Crippen MR) is 109 cm³/mol. The lowest BCUT2D eigenvalue weighted by molar-refractivity contribution is 0.0946. The zero-order valence-electron chi connectivity index (χ0n) is 15.8. The van der Waals surface area contributed by atoms with Gasteiger partial charge in [-0.3, -0.25) is 9.36 Å². The van der Waals surface area contributed by atoms with Crippen molar-refractivity contribution in [2.24, 2.45) is 0 Å². The summed E-state index contributed by atoms with van der Waals surface area (Å²) in [6, 6.07) is 10.9. The van der Waals surface area contributed by atoms with Crippen molar-refractivity contribution in [2.45, 2.75) is 25.3 Å². The van der Waals surface area contributed by atoms with Crippen LogP contribution in [0.1, 0.15) is 40.6 Å². The summed E-state index contributed by atoms with van der Waals surface area (Å²) in [4.78, 5) is 25.4. The van der Waals surface area contributed by atoms with Crippen LogP contribution in [0.3, 0.4) is 0 Å². The first-order valence-electron chi connectivity index (χ1n) is 9.53. The van der Waals surface area contributed by atoms with Gasteiger partial charge in [0.2, 0.25) is 0 Å². The number of rotatable bonds is 6. The third-order valence-corrected chi connectivity index (χ3v) is 5.07. The Labute approximate surface area is 176 Å². The van der Waals surface area contributed by atoms with Gasteiger partial charge in [0.05, 0.1) is 0 Å². The smallest absolute Gasteiger partial charge is 0.271 e. The number of amides is 1. The van der Waals surface area contributed by atoms with Crippen LogP contribution in [0.2, 0.25) is 5.02 Å². The first-order chi connectivity index (χ1) is 14.7. The molecule has 1 aromatic carbocycles. The fourth-order valence-corrected chi connectivity index (χ4v) is 3.12. The van der Waals surface area contributed by atoms with Gasteiger partial charge >= 0.3 is 0 Å². The number of pyridine rings is 1. The highest BCUT2D eigenvalue weighted by Crippen LogP contribution is 2.38. The molecule has 1 aliphatic rings. The molecule has 4 aromatic rings. The summed E-state index contributed by atoms with van der Waals surface area (Å²) in [5, 5.41) is 7.55. The van der Waals surface area contributed by atoms with Crippen molar-refractivity contribution in [1.29, 1.82) is 0 Å². The van der Waals surface area contributed by atoms with Crippen molar-refractivity contribution in [1.82, 2.24) is 30.0 Å². The van der Waals surface area contributed by atoms with Crippen LogP contribution in [0, 0.1) is 0 Å². The summed E-state index contributed by atoms with van der Waals surface area (Å²) in [6.07, 6.45) is 7.06. The zero-order chi connectivity index (χ0) is 20.5. The van der Waals surface area contributed by atoms with E-state index in [9.17, 15) is 4.79 Å². The van der Waals surface area contributed by atoms with Crippen molar-refractivity contribution in [3.8, 4) is 17.3 Å². The van der Waals surface area contributed by atoms with Gasteiger partial charge in [-0.05, 0) is 42.7 Å². The largest absolute Gasteiger partial charge is 0.347 e. The van der Waals surface area contributed by atoms with Crippen molar-refractivity contribution in [3.05, 3.63) is 77.2 Å². The topological polar surface area (TPSA) is 98.7 Å². The average molecular weight is 421 g/mol.